The topological polar surface area (TPSA) is 78.7 Å². The monoisotopic (exact) mass is 408 g/mol. The Morgan fingerprint density at radius 1 is 0.933 bits per heavy atom. The maximum absolute atomic E-state index is 11.7. The number of nitrogens with zero attached hydrogens (tertiary/aromatic N) is 2. The van der Waals surface area contributed by atoms with Gasteiger partial charge in [0.05, 0.1) is 12.5 Å². The zero-order chi connectivity index (χ0) is 20.4. The standard InChI is InChI=1S/C23H28N4O2.CH4/c1-16(28)26-14-22-13-21(26)15-27(22)20-10-8-18(9-11-20)3-2-17-4-6-19(7-5-17)12-23(29)25-24;/h4-11,21-22H,2-3,12-15,24H2,1H3,(H,25,29);1H4. The van der Waals surface area contributed by atoms with Gasteiger partial charge in [0.25, 0.3) is 0 Å². The second kappa shape index (κ2) is 9.30. The highest BCUT2D eigenvalue weighted by Gasteiger charge is 2.44. The van der Waals surface area contributed by atoms with E-state index in [-0.39, 0.29) is 19.2 Å². The molecule has 2 aromatic rings. The number of amides is 2. The molecule has 0 saturated carbocycles. The zero-order valence-electron chi connectivity index (χ0n) is 16.8. The van der Waals surface area contributed by atoms with E-state index in [4.69, 9.17) is 5.84 Å². The minimum atomic E-state index is -0.182. The Balaban J connectivity index is 0.00000256. The van der Waals surface area contributed by atoms with Crippen LogP contribution in [0.15, 0.2) is 48.5 Å². The number of likely N-dealkylation sites (tertiary alicyclic amines) is 1. The Morgan fingerprint density at radius 2 is 1.50 bits per heavy atom. The summed E-state index contributed by atoms with van der Waals surface area (Å²) in [7, 11) is 0. The molecule has 6 heteroatoms. The third-order valence-electron chi connectivity index (χ3n) is 6.16. The summed E-state index contributed by atoms with van der Waals surface area (Å²) in [5.41, 5.74) is 6.95. The molecule has 2 amide bonds. The fourth-order valence-electron chi connectivity index (χ4n) is 4.57. The predicted octanol–water partition coefficient (Wildman–Crippen LogP) is 2.45. The Hall–Kier alpha value is -2.86. The van der Waals surface area contributed by atoms with Crippen LogP contribution in [0.2, 0.25) is 0 Å². The van der Waals surface area contributed by atoms with Gasteiger partial charge in [-0.25, -0.2) is 5.84 Å². The lowest BCUT2D eigenvalue weighted by Gasteiger charge is -2.35. The van der Waals surface area contributed by atoms with E-state index in [1.54, 1.807) is 6.92 Å². The highest BCUT2D eigenvalue weighted by atomic mass is 16.2. The van der Waals surface area contributed by atoms with Gasteiger partial charge in [0.15, 0.2) is 0 Å². The van der Waals surface area contributed by atoms with E-state index >= 15 is 0 Å². The van der Waals surface area contributed by atoms with Crippen LogP contribution < -0.4 is 16.2 Å². The molecule has 2 heterocycles. The summed E-state index contributed by atoms with van der Waals surface area (Å²) in [4.78, 5) is 27.5. The smallest absolute Gasteiger partial charge is 0.238 e. The summed E-state index contributed by atoms with van der Waals surface area (Å²) < 4.78 is 0. The number of rotatable bonds is 6. The number of carbonyl (C=O) groups excluding carboxylic acids is 2. The van der Waals surface area contributed by atoms with Gasteiger partial charge in [-0.3, -0.25) is 15.0 Å². The van der Waals surface area contributed by atoms with Crippen molar-refractivity contribution in [1.82, 2.24) is 10.3 Å². The molecule has 0 aliphatic carbocycles. The van der Waals surface area contributed by atoms with E-state index in [2.05, 4.69) is 46.7 Å². The van der Waals surface area contributed by atoms with Crippen LogP contribution >= 0.6 is 0 Å². The maximum Gasteiger partial charge on any atom is 0.238 e. The lowest BCUT2D eigenvalue weighted by Crippen LogP contribution is -2.48. The third kappa shape index (κ3) is 4.65. The number of hydrogen-bond donors (Lipinski definition) is 2. The lowest BCUT2D eigenvalue weighted by atomic mass is 10.0. The van der Waals surface area contributed by atoms with Crippen LogP contribution in [0.4, 0.5) is 5.69 Å². The molecule has 4 rings (SSSR count). The lowest BCUT2D eigenvalue weighted by molar-refractivity contribution is -0.129. The van der Waals surface area contributed by atoms with Gasteiger partial charge in [-0.15, -0.1) is 0 Å². The van der Waals surface area contributed by atoms with Crippen LogP contribution in [0.3, 0.4) is 0 Å². The molecule has 2 aliphatic rings. The van der Waals surface area contributed by atoms with Crippen molar-refractivity contribution in [2.45, 2.75) is 52.1 Å². The number of piperazine rings is 1. The summed E-state index contributed by atoms with van der Waals surface area (Å²) >= 11 is 0. The van der Waals surface area contributed by atoms with Gasteiger partial charge in [0.1, 0.15) is 0 Å². The molecule has 2 aliphatic heterocycles. The number of hydrogen-bond acceptors (Lipinski definition) is 4. The van der Waals surface area contributed by atoms with E-state index in [0.717, 1.165) is 37.9 Å². The van der Waals surface area contributed by atoms with Gasteiger partial charge in [-0.05, 0) is 48.1 Å². The number of nitrogens with two attached hydrogens (primary N) is 1. The molecule has 0 radical (unpaired) electrons. The molecular formula is C24H32N4O2. The van der Waals surface area contributed by atoms with Gasteiger partial charge >= 0.3 is 0 Å². The van der Waals surface area contributed by atoms with Gasteiger partial charge in [-0.1, -0.05) is 43.8 Å². The summed E-state index contributed by atoms with van der Waals surface area (Å²) in [5.74, 6) is 5.14. The van der Waals surface area contributed by atoms with Crippen molar-refractivity contribution in [3.63, 3.8) is 0 Å². The van der Waals surface area contributed by atoms with Gasteiger partial charge < -0.3 is 9.80 Å². The van der Waals surface area contributed by atoms with Crippen molar-refractivity contribution in [3.8, 4) is 0 Å². The number of aryl methyl sites for hydroxylation is 2. The summed E-state index contributed by atoms with van der Waals surface area (Å²) in [5, 5.41) is 0. The Kier molecular flexibility index (Phi) is 6.77. The first-order chi connectivity index (χ1) is 14.0. The van der Waals surface area contributed by atoms with E-state index in [9.17, 15) is 9.59 Å². The summed E-state index contributed by atoms with van der Waals surface area (Å²) in [6.07, 6.45) is 3.34. The molecule has 0 spiro atoms. The SMILES string of the molecule is C.CC(=O)N1CC2CC1CN2c1ccc(CCc2ccc(CC(=O)NN)cc2)cc1. The quantitative estimate of drug-likeness (QED) is 0.437. The highest BCUT2D eigenvalue weighted by Crippen LogP contribution is 2.34. The first-order valence-electron chi connectivity index (χ1n) is 10.2. The number of hydrazine groups is 1. The fourth-order valence-corrected chi connectivity index (χ4v) is 4.57. The highest BCUT2D eigenvalue weighted by molar-refractivity contribution is 5.77. The largest absolute Gasteiger partial charge is 0.365 e. The molecular weight excluding hydrogens is 376 g/mol. The molecule has 2 bridgehead atoms. The molecule has 6 nitrogen and oxygen atoms in total. The van der Waals surface area contributed by atoms with Gasteiger partial charge in [0, 0.05) is 31.7 Å². The number of nitrogens with one attached hydrogen (secondary N) is 1. The van der Waals surface area contributed by atoms with Crippen LogP contribution in [-0.4, -0.2) is 41.9 Å². The molecule has 2 saturated heterocycles. The minimum absolute atomic E-state index is 0. The molecule has 3 N–H and O–H groups in total. The molecule has 2 atom stereocenters. The van der Waals surface area contributed by atoms with E-state index in [1.165, 1.54) is 16.8 Å². The fraction of sp³-hybridized carbons (Fsp3) is 0.417. The molecule has 2 unspecified atom stereocenters. The maximum atomic E-state index is 11.7. The first kappa shape index (κ1) is 21.8. The van der Waals surface area contributed by atoms with Crippen molar-refractivity contribution < 1.29 is 9.59 Å². The third-order valence-corrected chi connectivity index (χ3v) is 6.16. The van der Waals surface area contributed by atoms with Crippen molar-refractivity contribution in [2.75, 3.05) is 18.0 Å². The van der Waals surface area contributed by atoms with Gasteiger partial charge in [0.2, 0.25) is 11.8 Å². The Morgan fingerprint density at radius 3 is 2.00 bits per heavy atom. The molecule has 0 aromatic heterocycles. The second-order valence-corrected chi connectivity index (χ2v) is 8.09. The van der Waals surface area contributed by atoms with E-state index in [1.807, 2.05) is 17.0 Å². The van der Waals surface area contributed by atoms with Crippen molar-refractivity contribution in [2.24, 2.45) is 5.84 Å². The zero-order valence-corrected chi connectivity index (χ0v) is 16.8. The molecule has 30 heavy (non-hydrogen) atoms. The van der Waals surface area contributed by atoms with Crippen molar-refractivity contribution in [3.05, 3.63) is 65.2 Å². The normalized spacial score (nSPS) is 19.5. The predicted molar refractivity (Wildman–Crippen MR) is 120 cm³/mol. The van der Waals surface area contributed by atoms with Gasteiger partial charge in [-0.2, -0.15) is 0 Å². The average Bonchev–Trinajstić information content (AvgIpc) is 3.35. The van der Waals surface area contributed by atoms with Crippen LogP contribution in [0.5, 0.6) is 0 Å². The second-order valence-electron chi connectivity index (χ2n) is 8.09. The van der Waals surface area contributed by atoms with E-state index in [0.29, 0.717) is 18.5 Å². The number of carbonyl (C=O) groups is 2. The van der Waals surface area contributed by atoms with E-state index < -0.39 is 0 Å². The molecule has 2 aromatic carbocycles. The Labute approximate surface area is 179 Å². The minimum Gasteiger partial charge on any atom is -0.365 e. The summed E-state index contributed by atoms with van der Waals surface area (Å²) in [6, 6.07) is 17.8. The molecule has 2 fully saturated rings. The van der Waals surface area contributed by atoms with Crippen LogP contribution in [-0.2, 0) is 28.9 Å². The van der Waals surface area contributed by atoms with Crippen LogP contribution in [0, 0.1) is 0 Å². The molecule has 160 valence electrons. The summed E-state index contributed by atoms with van der Waals surface area (Å²) in [6.45, 7) is 3.47. The first-order valence-corrected chi connectivity index (χ1v) is 10.2. The van der Waals surface area contributed by atoms with Crippen LogP contribution in [0.1, 0.15) is 37.5 Å². The number of anilines is 1. The average molecular weight is 409 g/mol. The van der Waals surface area contributed by atoms with Crippen LogP contribution in [0.25, 0.3) is 0 Å². The Bertz CT molecular complexity index is 879. The van der Waals surface area contributed by atoms with Crippen molar-refractivity contribution in [1.29, 1.82) is 0 Å². The number of fused-ring (bicyclic) bond motifs is 2. The van der Waals surface area contributed by atoms with Crippen molar-refractivity contribution >= 4 is 17.5 Å². The number of benzene rings is 2.